The number of amides is 2. The molecule has 2 aliphatic heterocycles. The fraction of sp³-hybridized carbons (Fsp3) is 0.556. The molecule has 0 spiro atoms. The zero-order valence-electron chi connectivity index (χ0n) is 39.3. The van der Waals surface area contributed by atoms with Crippen molar-refractivity contribution in [2.75, 3.05) is 13.1 Å². The van der Waals surface area contributed by atoms with Crippen molar-refractivity contribution in [3.8, 4) is 0 Å². The second-order valence-corrected chi connectivity index (χ2v) is 21.3. The number of nitrogens with zero attached hydrogens (tertiary/aromatic N) is 6. The van der Waals surface area contributed by atoms with Crippen molar-refractivity contribution in [2.24, 2.45) is 5.73 Å². The molecule has 0 fully saturated rings. The third kappa shape index (κ3) is 17.4. The Labute approximate surface area is 435 Å². The summed E-state index contributed by atoms with van der Waals surface area (Å²) >= 11 is 6.98. The van der Waals surface area contributed by atoms with Gasteiger partial charge in [-0.25, -0.2) is 14.6 Å². The zero-order valence-corrected chi connectivity index (χ0v) is 45.6. The molecule has 19 heteroatoms. The van der Waals surface area contributed by atoms with E-state index in [9.17, 15) is 19.2 Å². The quantitative estimate of drug-likeness (QED) is 0.125. The van der Waals surface area contributed by atoms with Gasteiger partial charge in [0, 0.05) is 58.4 Å². The van der Waals surface area contributed by atoms with Crippen molar-refractivity contribution in [1.82, 2.24) is 30.1 Å². The summed E-state index contributed by atoms with van der Waals surface area (Å²) in [5, 5.41) is 7.57. The predicted molar refractivity (Wildman–Crippen MR) is 242 cm³/mol. The van der Waals surface area contributed by atoms with E-state index in [1.165, 1.54) is 6.29 Å². The Bertz CT molecular complexity index is 2200. The molecule has 3 N–H and O–H groups in total. The van der Waals surface area contributed by atoms with Crippen LogP contribution in [0.1, 0.15) is 165 Å². The van der Waals surface area contributed by atoms with E-state index in [4.69, 9.17) is 19.7 Å². The number of carbonyl (C=O) groups is 3. The minimum Gasteiger partial charge on any atom is -0.870 e. The van der Waals surface area contributed by atoms with E-state index < -0.39 is 11.2 Å². The summed E-state index contributed by atoms with van der Waals surface area (Å²) in [7, 11) is 0. The number of hydrogen-bond donors (Lipinski definition) is 1. The molecule has 4 heterocycles. The molecule has 0 radical (unpaired) electrons. The smallest absolute Gasteiger partial charge is 0.870 e. The molecular weight excluding hydrogens is 981 g/mol. The van der Waals surface area contributed by atoms with Crippen molar-refractivity contribution >= 4 is 56.1 Å². The number of rotatable bonds is 4. The largest absolute Gasteiger partial charge is 1.00 e. The molecule has 0 unspecified atom stereocenters. The first kappa shape index (κ1) is 57.2. The molecule has 64 heavy (non-hydrogen) atoms. The van der Waals surface area contributed by atoms with Gasteiger partial charge in [-0.05, 0) is 107 Å². The van der Waals surface area contributed by atoms with Gasteiger partial charge >= 0.3 is 63.6 Å². The second-order valence-electron chi connectivity index (χ2n) is 19.4. The summed E-state index contributed by atoms with van der Waals surface area (Å²) in [6.07, 6.45) is 2.52. The first-order valence-corrected chi connectivity index (χ1v) is 22.1. The van der Waals surface area contributed by atoms with E-state index in [1.807, 2.05) is 119 Å². The molecule has 2 aromatic carbocycles. The molecule has 0 aliphatic carbocycles. The number of ketones is 1. The molecule has 2 amide bonds. The van der Waals surface area contributed by atoms with E-state index in [-0.39, 0.29) is 116 Å². The molecule has 346 valence electrons. The first-order valence-electron chi connectivity index (χ1n) is 20.5. The van der Waals surface area contributed by atoms with Crippen molar-refractivity contribution < 1.29 is 94.6 Å². The summed E-state index contributed by atoms with van der Waals surface area (Å²) in [6.45, 7) is 25.0. The van der Waals surface area contributed by atoms with Gasteiger partial charge in [-0.2, -0.15) is 11.3 Å². The van der Waals surface area contributed by atoms with Crippen molar-refractivity contribution in [2.45, 2.75) is 149 Å². The van der Waals surface area contributed by atoms with Crippen LogP contribution in [0.5, 0.6) is 0 Å². The molecule has 2 aromatic heterocycles. The van der Waals surface area contributed by atoms with Gasteiger partial charge < -0.3 is 44.3 Å². The van der Waals surface area contributed by atoms with E-state index in [0.717, 1.165) is 37.6 Å². The molecule has 16 nitrogen and oxygen atoms in total. The number of hydrogen-bond acceptors (Lipinski definition) is 14. The van der Waals surface area contributed by atoms with Gasteiger partial charge in [0.2, 0.25) is 5.78 Å². The topological polar surface area (TPSA) is 227 Å². The number of fused-ring (bicyclic) bond motifs is 2. The summed E-state index contributed by atoms with van der Waals surface area (Å²) in [5.41, 5.74) is 8.91. The maximum Gasteiger partial charge on any atom is 1.00 e. The summed E-state index contributed by atoms with van der Waals surface area (Å²) in [4.78, 5) is 59.4. The SMILES string of the molecule is CC(C)(C)OC(=O)N1CC[C@@H](CC(=O)c2nc(C(C)(C)C)no2)c2ccc(Br)cc2C1.CC(C)(C)OC(=O)N1CC[C@@H](N)c2ccc(Br)cc2C1.CC(C)(C)c1noc([C-]=O)n1.[K+].[OH-]. The van der Waals surface area contributed by atoms with E-state index >= 15 is 0 Å². The second kappa shape index (κ2) is 23.7. The van der Waals surface area contributed by atoms with Crippen LogP contribution in [0, 0.1) is 0 Å². The van der Waals surface area contributed by atoms with Crippen LogP contribution in [-0.2, 0) is 38.2 Å². The van der Waals surface area contributed by atoms with Gasteiger partial charge in [-0.3, -0.25) is 4.79 Å². The van der Waals surface area contributed by atoms with Crippen molar-refractivity contribution in [3.63, 3.8) is 0 Å². The summed E-state index contributed by atoms with van der Waals surface area (Å²) in [6, 6.07) is 12.0. The molecule has 0 bridgehead atoms. The monoisotopic (exact) mass is 1040 g/mol. The third-order valence-corrected chi connectivity index (χ3v) is 10.5. The Morgan fingerprint density at radius 1 is 0.734 bits per heavy atom. The molecule has 2 atom stereocenters. The minimum absolute atomic E-state index is 0. The minimum atomic E-state index is -0.568. The standard InChI is InChI=1S/C23H30BrN3O4.C15H21BrN2O2.C7H9N2O2.K.H2O/c1-22(2,3)20-25-19(31-26-20)18(28)12-14-9-10-27(21(29)30-23(4,5)6)13-15-11-16(24)7-8-17(14)15;1-15(2,3)20-14(19)18-7-6-13(17)12-5-4-11(16)8-10(12)9-18;1-7(2,3)6-8-5(4-10)11-9-6;;/h7-8,11,14H,9-10,12-13H2,1-6H3;4-5,8,13H,6-7,9,17H2,1-3H3;1-3H3;;1H2/q;;-1;+1;/p-1/t14-;13-;;;/m01.../s1. The molecular formula is C45H61Br2KN7O9-. The van der Waals surface area contributed by atoms with Crippen molar-refractivity contribution in [3.05, 3.63) is 91.0 Å². The fourth-order valence-electron chi connectivity index (χ4n) is 6.37. The average molecular weight is 1040 g/mol. The zero-order chi connectivity index (χ0) is 46.4. The number of nitrogens with two attached hydrogens (primary N) is 1. The normalized spacial score (nSPS) is 16.3. The Hall–Kier alpha value is -2.88. The van der Waals surface area contributed by atoms with Crippen LogP contribution < -0.4 is 57.1 Å². The van der Waals surface area contributed by atoms with Crippen LogP contribution in [0.2, 0.25) is 0 Å². The Morgan fingerprint density at radius 2 is 1.19 bits per heavy atom. The molecule has 4 aromatic rings. The fourth-order valence-corrected chi connectivity index (χ4v) is 7.19. The van der Waals surface area contributed by atoms with Gasteiger partial charge in [0.1, 0.15) is 17.1 Å². The molecule has 0 saturated carbocycles. The van der Waals surface area contributed by atoms with Crippen LogP contribution >= 0.6 is 31.9 Å². The maximum absolute atomic E-state index is 12.9. The van der Waals surface area contributed by atoms with Crippen LogP contribution in [0.4, 0.5) is 9.59 Å². The Kier molecular flexibility index (Phi) is 21.2. The van der Waals surface area contributed by atoms with Gasteiger partial charge in [0.25, 0.3) is 5.89 Å². The average Bonchev–Trinajstić information content (AvgIpc) is 3.79. The third-order valence-electron chi connectivity index (χ3n) is 9.48. The van der Waals surface area contributed by atoms with E-state index in [1.54, 1.807) is 9.80 Å². The van der Waals surface area contributed by atoms with E-state index in [0.29, 0.717) is 44.2 Å². The number of carbonyl (C=O) groups excluding carboxylic acids is 4. The first-order chi connectivity index (χ1) is 28.6. The molecule has 6 rings (SSSR count). The summed E-state index contributed by atoms with van der Waals surface area (Å²) in [5.74, 6) is 0.736. The number of aromatic nitrogens is 4. The van der Waals surface area contributed by atoms with Crippen LogP contribution in [0.25, 0.3) is 0 Å². The van der Waals surface area contributed by atoms with Gasteiger partial charge in [-0.1, -0.05) is 95.8 Å². The maximum atomic E-state index is 12.9. The number of halogens is 2. The Morgan fingerprint density at radius 3 is 1.62 bits per heavy atom. The van der Waals surface area contributed by atoms with E-state index in [2.05, 4.69) is 56.7 Å². The number of Topliss-reactive ketones (excluding diaryl/α,β-unsaturated/α-hetero) is 1. The molecule has 0 saturated heterocycles. The number of ether oxygens (including phenoxy) is 2. The van der Waals surface area contributed by atoms with Gasteiger partial charge in [-0.15, -0.1) is 0 Å². The van der Waals surface area contributed by atoms with Gasteiger partial charge in [0.05, 0.1) is 0 Å². The number of benzene rings is 2. The summed E-state index contributed by atoms with van der Waals surface area (Å²) < 4.78 is 22.7. The van der Waals surface area contributed by atoms with Crippen LogP contribution in [0.3, 0.4) is 0 Å². The predicted octanol–water partition coefficient (Wildman–Crippen LogP) is 6.87. The Balaban J connectivity index is 0.000000365. The van der Waals surface area contributed by atoms with Gasteiger partial charge in [0.15, 0.2) is 11.6 Å². The van der Waals surface area contributed by atoms with Crippen LogP contribution in [0.15, 0.2) is 54.4 Å². The van der Waals surface area contributed by atoms with Crippen LogP contribution in [-0.4, -0.2) is 84.1 Å². The van der Waals surface area contributed by atoms with Crippen molar-refractivity contribution in [1.29, 1.82) is 0 Å². The molecule has 2 aliphatic rings.